The van der Waals surface area contributed by atoms with E-state index in [2.05, 4.69) is 18.0 Å². The lowest BCUT2D eigenvalue weighted by atomic mass is 9.99. The first kappa shape index (κ1) is 15.0. The molecule has 1 aromatic rings. The van der Waals surface area contributed by atoms with Crippen molar-refractivity contribution in [3.63, 3.8) is 0 Å². The summed E-state index contributed by atoms with van der Waals surface area (Å²) < 4.78 is 10.4. The first-order valence-electron chi connectivity index (χ1n) is 6.18. The molecule has 0 amide bonds. The Morgan fingerprint density at radius 3 is 2.61 bits per heavy atom. The summed E-state index contributed by atoms with van der Waals surface area (Å²) in [5.74, 6) is 0.860. The fourth-order valence-electron chi connectivity index (χ4n) is 2.16. The minimum Gasteiger partial charge on any atom is -0.497 e. The molecule has 0 fully saturated rings. The maximum Gasteiger partial charge on any atom is 0.119 e. The van der Waals surface area contributed by atoms with Crippen molar-refractivity contribution in [3.8, 4) is 5.75 Å². The normalized spacial score (nSPS) is 14.6. The molecule has 0 heterocycles. The molecule has 4 heteroatoms. The van der Waals surface area contributed by atoms with Crippen molar-refractivity contribution in [2.45, 2.75) is 19.0 Å². The third-order valence-electron chi connectivity index (χ3n) is 3.06. The van der Waals surface area contributed by atoms with Crippen LogP contribution < -0.4 is 10.5 Å². The minimum atomic E-state index is 0.0407. The van der Waals surface area contributed by atoms with Crippen LogP contribution in [-0.2, 0) is 4.74 Å². The largest absolute Gasteiger partial charge is 0.497 e. The van der Waals surface area contributed by atoms with Crippen LogP contribution in [0.1, 0.15) is 18.5 Å². The van der Waals surface area contributed by atoms with E-state index < -0.39 is 0 Å². The van der Waals surface area contributed by atoms with Gasteiger partial charge in [0.25, 0.3) is 0 Å². The highest BCUT2D eigenvalue weighted by Crippen LogP contribution is 2.25. The summed E-state index contributed by atoms with van der Waals surface area (Å²) in [6, 6.07) is 8.26. The van der Waals surface area contributed by atoms with Crippen molar-refractivity contribution in [3.05, 3.63) is 29.8 Å². The first-order chi connectivity index (χ1) is 8.60. The molecule has 2 N–H and O–H groups in total. The van der Waals surface area contributed by atoms with Gasteiger partial charge >= 0.3 is 0 Å². The molecule has 1 rings (SSSR count). The molecule has 0 aliphatic rings. The van der Waals surface area contributed by atoms with Crippen LogP contribution in [-0.4, -0.2) is 45.4 Å². The molecule has 0 aliphatic carbocycles. The SMILES string of the molecule is COCCN(C)C(c1cccc(OC)c1)C(C)N. The minimum absolute atomic E-state index is 0.0407. The first-order valence-corrected chi connectivity index (χ1v) is 6.18. The van der Waals surface area contributed by atoms with Gasteiger partial charge in [0.1, 0.15) is 5.75 Å². The Morgan fingerprint density at radius 1 is 1.33 bits per heavy atom. The molecular formula is C14H24N2O2. The molecular weight excluding hydrogens is 228 g/mol. The lowest BCUT2D eigenvalue weighted by Crippen LogP contribution is -2.38. The van der Waals surface area contributed by atoms with E-state index in [-0.39, 0.29) is 12.1 Å². The summed E-state index contributed by atoms with van der Waals surface area (Å²) in [6.07, 6.45) is 0. The molecule has 0 saturated heterocycles. The fourth-order valence-corrected chi connectivity index (χ4v) is 2.16. The molecule has 0 spiro atoms. The van der Waals surface area contributed by atoms with Crippen molar-refractivity contribution in [1.29, 1.82) is 0 Å². The number of rotatable bonds is 7. The van der Waals surface area contributed by atoms with Gasteiger partial charge in [0.05, 0.1) is 13.7 Å². The standard InChI is InChI=1S/C14H24N2O2/c1-11(15)14(16(2)8-9-17-3)12-6-5-7-13(10-12)18-4/h5-7,10-11,14H,8-9,15H2,1-4H3. The second-order valence-electron chi connectivity index (χ2n) is 4.55. The number of ether oxygens (including phenoxy) is 2. The number of nitrogens with two attached hydrogens (primary N) is 1. The molecule has 0 saturated carbocycles. The molecule has 2 unspecified atom stereocenters. The molecule has 4 nitrogen and oxygen atoms in total. The van der Waals surface area contributed by atoms with Gasteiger partial charge in [-0.3, -0.25) is 4.90 Å². The zero-order valence-electron chi connectivity index (χ0n) is 11.7. The fraction of sp³-hybridized carbons (Fsp3) is 0.571. The summed E-state index contributed by atoms with van der Waals surface area (Å²) in [5.41, 5.74) is 7.28. The highest BCUT2D eigenvalue weighted by atomic mass is 16.5. The second-order valence-corrected chi connectivity index (χ2v) is 4.55. The maximum absolute atomic E-state index is 6.11. The molecule has 18 heavy (non-hydrogen) atoms. The third kappa shape index (κ3) is 3.98. The maximum atomic E-state index is 6.11. The van der Waals surface area contributed by atoms with Crippen LogP contribution in [0.15, 0.2) is 24.3 Å². The zero-order valence-corrected chi connectivity index (χ0v) is 11.7. The van der Waals surface area contributed by atoms with E-state index in [4.69, 9.17) is 15.2 Å². The summed E-state index contributed by atoms with van der Waals surface area (Å²) >= 11 is 0. The third-order valence-corrected chi connectivity index (χ3v) is 3.06. The smallest absolute Gasteiger partial charge is 0.119 e. The predicted octanol–water partition coefficient (Wildman–Crippen LogP) is 1.66. The van der Waals surface area contributed by atoms with Gasteiger partial charge in [-0.1, -0.05) is 12.1 Å². The molecule has 0 radical (unpaired) electrons. The highest BCUT2D eigenvalue weighted by Gasteiger charge is 2.21. The van der Waals surface area contributed by atoms with Crippen LogP contribution in [0.2, 0.25) is 0 Å². The monoisotopic (exact) mass is 252 g/mol. The number of methoxy groups -OCH3 is 2. The zero-order chi connectivity index (χ0) is 13.5. The van der Waals surface area contributed by atoms with Gasteiger partial charge in [-0.15, -0.1) is 0 Å². The Hall–Kier alpha value is -1.10. The van der Waals surface area contributed by atoms with E-state index >= 15 is 0 Å². The van der Waals surface area contributed by atoms with Crippen molar-refractivity contribution < 1.29 is 9.47 Å². The van der Waals surface area contributed by atoms with Crippen LogP contribution in [0.5, 0.6) is 5.75 Å². The molecule has 0 bridgehead atoms. The predicted molar refractivity (Wildman–Crippen MR) is 73.9 cm³/mol. The van der Waals surface area contributed by atoms with Crippen molar-refractivity contribution in [2.75, 3.05) is 34.4 Å². The Balaban J connectivity index is 2.89. The van der Waals surface area contributed by atoms with Crippen molar-refractivity contribution in [2.24, 2.45) is 5.73 Å². The van der Waals surface area contributed by atoms with Gasteiger partial charge in [-0.05, 0) is 31.7 Å². The van der Waals surface area contributed by atoms with E-state index in [1.807, 2.05) is 25.1 Å². The van der Waals surface area contributed by atoms with Gasteiger partial charge in [-0.2, -0.15) is 0 Å². The van der Waals surface area contributed by atoms with Crippen LogP contribution in [0.25, 0.3) is 0 Å². The lowest BCUT2D eigenvalue weighted by Gasteiger charge is -2.31. The average molecular weight is 252 g/mol. The second kappa shape index (κ2) is 7.36. The topological polar surface area (TPSA) is 47.7 Å². The summed E-state index contributed by atoms with van der Waals surface area (Å²) in [7, 11) is 5.45. The Bertz CT molecular complexity index is 355. The van der Waals surface area contributed by atoms with Gasteiger partial charge < -0.3 is 15.2 Å². The summed E-state index contributed by atoms with van der Waals surface area (Å²) in [4.78, 5) is 2.21. The van der Waals surface area contributed by atoms with Crippen molar-refractivity contribution in [1.82, 2.24) is 4.90 Å². The van der Waals surface area contributed by atoms with Gasteiger partial charge in [-0.25, -0.2) is 0 Å². The van der Waals surface area contributed by atoms with E-state index in [1.54, 1.807) is 14.2 Å². The van der Waals surface area contributed by atoms with Gasteiger partial charge in [0, 0.05) is 25.7 Å². The van der Waals surface area contributed by atoms with E-state index in [1.165, 1.54) is 5.56 Å². The Kier molecular flexibility index (Phi) is 6.12. The van der Waals surface area contributed by atoms with Crippen LogP contribution in [0, 0.1) is 0 Å². The molecule has 0 aromatic heterocycles. The number of nitrogens with zero attached hydrogens (tertiary/aromatic N) is 1. The van der Waals surface area contributed by atoms with E-state index in [9.17, 15) is 0 Å². The van der Waals surface area contributed by atoms with Crippen LogP contribution in [0.4, 0.5) is 0 Å². The lowest BCUT2D eigenvalue weighted by molar-refractivity contribution is 0.131. The average Bonchev–Trinajstić information content (AvgIpc) is 2.36. The number of hydrogen-bond acceptors (Lipinski definition) is 4. The number of hydrogen-bond donors (Lipinski definition) is 1. The van der Waals surface area contributed by atoms with Gasteiger partial charge in [0.2, 0.25) is 0 Å². The Labute approximate surface area is 110 Å². The van der Waals surface area contributed by atoms with Gasteiger partial charge in [0.15, 0.2) is 0 Å². The summed E-state index contributed by atoms with van der Waals surface area (Å²) in [6.45, 7) is 3.57. The summed E-state index contributed by atoms with van der Waals surface area (Å²) in [5, 5.41) is 0. The molecule has 2 atom stereocenters. The highest BCUT2D eigenvalue weighted by molar-refractivity contribution is 5.31. The van der Waals surface area contributed by atoms with E-state index in [0.717, 1.165) is 12.3 Å². The van der Waals surface area contributed by atoms with Crippen LogP contribution in [0.3, 0.4) is 0 Å². The number of benzene rings is 1. The molecule has 0 aliphatic heterocycles. The van der Waals surface area contributed by atoms with Crippen LogP contribution >= 0.6 is 0 Å². The van der Waals surface area contributed by atoms with E-state index in [0.29, 0.717) is 6.61 Å². The molecule has 102 valence electrons. The quantitative estimate of drug-likeness (QED) is 0.802. The number of likely N-dealkylation sites (N-methyl/N-ethyl adjacent to an activating group) is 1. The van der Waals surface area contributed by atoms with Crippen molar-refractivity contribution >= 4 is 0 Å². The molecule has 1 aromatic carbocycles. The Morgan fingerprint density at radius 2 is 2.06 bits per heavy atom.